The summed E-state index contributed by atoms with van der Waals surface area (Å²) in [6.07, 6.45) is 2.26. The van der Waals surface area contributed by atoms with E-state index in [1.165, 1.54) is 6.20 Å². The molecule has 0 atom stereocenters. The number of benzene rings is 1. The Morgan fingerprint density at radius 3 is 2.89 bits per heavy atom. The summed E-state index contributed by atoms with van der Waals surface area (Å²) in [6.45, 7) is 2.01. The summed E-state index contributed by atoms with van der Waals surface area (Å²) >= 11 is 6.04. The van der Waals surface area contributed by atoms with E-state index in [1.54, 1.807) is 18.2 Å². The van der Waals surface area contributed by atoms with Crippen LogP contribution in [0.2, 0.25) is 5.02 Å². The third kappa shape index (κ3) is 3.00. The van der Waals surface area contributed by atoms with Crippen molar-refractivity contribution in [3.8, 4) is 11.6 Å². The molecular formula is C13H13ClN4O. The molecule has 5 nitrogen and oxygen atoms in total. The van der Waals surface area contributed by atoms with E-state index in [1.807, 2.05) is 13.0 Å². The zero-order valence-corrected chi connectivity index (χ0v) is 11.1. The van der Waals surface area contributed by atoms with E-state index in [9.17, 15) is 0 Å². The molecule has 6 heteroatoms. The highest BCUT2D eigenvalue weighted by molar-refractivity contribution is 6.31. The normalized spacial score (nSPS) is 10.2. The summed E-state index contributed by atoms with van der Waals surface area (Å²) in [5.74, 6) is 0.679. The molecule has 2 rings (SSSR count). The molecule has 0 fully saturated rings. The smallest absolute Gasteiger partial charge is 0.249 e. The fraction of sp³-hybridized carbons (Fsp3) is 0.154. The van der Waals surface area contributed by atoms with Crippen LogP contribution in [0.3, 0.4) is 0 Å². The maximum Gasteiger partial charge on any atom is 0.249 e. The Morgan fingerprint density at radius 1 is 1.42 bits per heavy atom. The van der Waals surface area contributed by atoms with Crippen LogP contribution in [0.1, 0.15) is 18.1 Å². The van der Waals surface area contributed by atoms with Crippen molar-refractivity contribution in [2.45, 2.75) is 13.3 Å². The molecule has 0 radical (unpaired) electrons. The lowest BCUT2D eigenvalue weighted by Gasteiger charge is -2.09. The molecule has 0 bridgehead atoms. The standard InChI is InChI=1S/C13H13ClN4O/c1-2-8-7-9(3-4-11(8)14)19-13-10(12(15)16)5-6-17-18-13/h3-7H,2H2,1H3,(H3,15,16). The first-order chi connectivity index (χ1) is 9.11. The van der Waals surface area contributed by atoms with Crippen molar-refractivity contribution in [1.82, 2.24) is 10.2 Å². The van der Waals surface area contributed by atoms with Crippen molar-refractivity contribution in [3.63, 3.8) is 0 Å². The van der Waals surface area contributed by atoms with E-state index in [0.717, 1.165) is 12.0 Å². The molecule has 1 aromatic carbocycles. The first-order valence-corrected chi connectivity index (χ1v) is 6.12. The molecule has 2 aromatic rings. The summed E-state index contributed by atoms with van der Waals surface area (Å²) in [7, 11) is 0. The van der Waals surface area contributed by atoms with Crippen LogP contribution >= 0.6 is 11.6 Å². The SMILES string of the molecule is CCc1cc(Oc2nnccc2C(=N)N)ccc1Cl. The van der Waals surface area contributed by atoms with Crippen LogP contribution < -0.4 is 10.5 Å². The van der Waals surface area contributed by atoms with E-state index in [-0.39, 0.29) is 11.7 Å². The van der Waals surface area contributed by atoms with Gasteiger partial charge >= 0.3 is 0 Å². The van der Waals surface area contributed by atoms with Crippen LogP contribution in [0.5, 0.6) is 11.6 Å². The Bertz CT molecular complexity index is 615. The first kappa shape index (κ1) is 13.3. The number of nitrogens with zero attached hydrogens (tertiary/aromatic N) is 2. The molecule has 0 unspecified atom stereocenters. The van der Waals surface area contributed by atoms with Gasteiger partial charge in [-0.15, -0.1) is 5.10 Å². The van der Waals surface area contributed by atoms with Crippen LogP contribution in [0.15, 0.2) is 30.5 Å². The zero-order valence-electron chi connectivity index (χ0n) is 10.4. The fourth-order valence-corrected chi connectivity index (χ4v) is 1.85. The molecule has 3 N–H and O–H groups in total. The van der Waals surface area contributed by atoms with Crippen molar-refractivity contribution in [2.24, 2.45) is 5.73 Å². The Morgan fingerprint density at radius 2 is 2.21 bits per heavy atom. The number of aromatic nitrogens is 2. The number of hydrogen-bond donors (Lipinski definition) is 2. The predicted molar refractivity (Wildman–Crippen MR) is 74.0 cm³/mol. The van der Waals surface area contributed by atoms with E-state index >= 15 is 0 Å². The largest absolute Gasteiger partial charge is 0.437 e. The number of halogens is 1. The third-order valence-corrected chi connectivity index (χ3v) is 2.96. The van der Waals surface area contributed by atoms with E-state index < -0.39 is 0 Å². The quantitative estimate of drug-likeness (QED) is 0.664. The van der Waals surface area contributed by atoms with Gasteiger partial charge in [-0.3, -0.25) is 5.41 Å². The number of rotatable bonds is 4. The molecule has 0 saturated carbocycles. The lowest BCUT2D eigenvalue weighted by molar-refractivity contribution is 0.453. The van der Waals surface area contributed by atoms with Gasteiger partial charge in [-0.25, -0.2) is 0 Å². The topological polar surface area (TPSA) is 84.9 Å². The van der Waals surface area contributed by atoms with Gasteiger partial charge in [0.15, 0.2) is 0 Å². The van der Waals surface area contributed by atoms with Gasteiger partial charge in [0, 0.05) is 5.02 Å². The van der Waals surface area contributed by atoms with Crippen molar-refractivity contribution >= 4 is 17.4 Å². The monoisotopic (exact) mass is 276 g/mol. The van der Waals surface area contributed by atoms with Gasteiger partial charge in [-0.2, -0.15) is 5.10 Å². The minimum atomic E-state index is -0.116. The van der Waals surface area contributed by atoms with Crippen molar-refractivity contribution in [2.75, 3.05) is 0 Å². The number of aryl methyl sites for hydroxylation is 1. The molecule has 1 heterocycles. The van der Waals surface area contributed by atoms with Gasteiger partial charge in [-0.1, -0.05) is 18.5 Å². The summed E-state index contributed by atoms with van der Waals surface area (Å²) in [4.78, 5) is 0. The lowest BCUT2D eigenvalue weighted by atomic mass is 10.1. The van der Waals surface area contributed by atoms with Crippen LogP contribution in [0.25, 0.3) is 0 Å². The molecule has 0 saturated heterocycles. The minimum Gasteiger partial charge on any atom is -0.437 e. The minimum absolute atomic E-state index is 0.116. The molecule has 0 amide bonds. The van der Waals surface area contributed by atoms with Crippen molar-refractivity contribution < 1.29 is 4.74 Å². The van der Waals surface area contributed by atoms with Crippen molar-refractivity contribution in [1.29, 1.82) is 5.41 Å². The van der Waals surface area contributed by atoms with Gasteiger partial charge in [0.2, 0.25) is 5.88 Å². The maximum absolute atomic E-state index is 7.46. The molecule has 1 aromatic heterocycles. The third-order valence-electron chi connectivity index (χ3n) is 2.59. The molecule has 98 valence electrons. The van der Waals surface area contributed by atoms with Crippen LogP contribution in [-0.2, 0) is 6.42 Å². The molecule has 0 spiro atoms. The van der Waals surface area contributed by atoms with Crippen LogP contribution in [-0.4, -0.2) is 16.0 Å². The van der Waals surface area contributed by atoms with Crippen molar-refractivity contribution in [3.05, 3.63) is 46.6 Å². The second kappa shape index (κ2) is 5.67. The highest BCUT2D eigenvalue weighted by Gasteiger charge is 2.10. The molecule has 19 heavy (non-hydrogen) atoms. The van der Waals surface area contributed by atoms with Crippen LogP contribution in [0, 0.1) is 5.41 Å². The van der Waals surface area contributed by atoms with Gasteiger partial charge in [-0.05, 0) is 36.2 Å². The van der Waals surface area contributed by atoms with Gasteiger partial charge in [0.1, 0.15) is 11.6 Å². The zero-order chi connectivity index (χ0) is 13.8. The second-order valence-electron chi connectivity index (χ2n) is 3.87. The number of amidine groups is 1. The highest BCUT2D eigenvalue weighted by atomic mass is 35.5. The predicted octanol–water partition coefficient (Wildman–Crippen LogP) is 2.77. The Hall–Kier alpha value is -2.14. The van der Waals surface area contributed by atoms with Gasteiger partial charge < -0.3 is 10.5 Å². The summed E-state index contributed by atoms with van der Waals surface area (Å²) < 4.78 is 5.62. The Kier molecular flexibility index (Phi) is 3.97. The number of nitrogens with one attached hydrogen (secondary N) is 1. The lowest BCUT2D eigenvalue weighted by Crippen LogP contribution is -2.13. The average molecular weight is 277 g/mol. The number of nitrogens with two attached hydrogens (primary N) is 1. The number of nitrogen functional groups attached to an aromatic ring is 1. The highest BCUT2D eigenvalue weighted by Crippen LogP contribution is 2.27. The van der Waals surface area contributed by atoms with Crippen LogP contribution in [0.4, 0.5) is 0 Å². The number of hydrogen-bond acceptors (Lipinski definition) is 4. The van der Waals surface area contributed by atoms with Gasteiger partial charge in [0.25, 0.3) is 0 Å². The Labute approximate surface area is 115 Å². The van der Waals surface area contributed by atoms with E-state index in [4.69, 9.17) is 27.5 Å². The molecule has 0 aliphatic carbocycles. The first-order valence-electron chi connectivity index (χ1n) is 5.74. The van der Waals surface area contributed by atoms with Gasteiger partial charge in [0.05, 0.1) is 11.8 Å². The molecule has 0 aliphatic heterocycles. The van der Waals surface area contributed by atoms with E-state index in [2.05, 4.69) is 10.2 Å². The number of ether oxygens (including phenoxy) is 1. The molecular weight excluding hydrogens is 264 g/mol. The Balaban J connectivity index is 2.34. The molecule has 0 aliphatic rings. The fourth-order valence-electron chi connectivity index (χ4n) is 1.60. The maximum atomic E-state index is 7.46. The second-order valence-corrected chi connectivity index (χ2v) is 4.28. The average Bonchev–Trinajstić information content (AvgIpc) is 2.41. The summed E-state index contributed by atoms with van der Waals surface area (Å²) in [6, 6.07) is 6.92. The summed E-state index contributed by atoms with van der Waals surface area (Å²) in [5, 5.41) is 15.7. The summed E-state index contributed by atoms with van der Waals surface area (Å²) in [5.41, 5.74) is 6.85. The van der Waals surface area contributed by atoms with E-state index in [0.29, 0.717) is 16.3 Å².